The molecule has 1 aromatic carbocycles. The Labute approximate surface area is 161 Å². The average molecular weight is 406 g/mol. The van der Waals surface area contributed by atoms with Crippen LogP contribution in [0.3, 0.4) is 0 Å². The monoisotopic (exact) mass is 405 g/mol. The van der Waals surface area contributed by atoms with Crippen LogP contribution in [-0.4, -0.2) is 45.9 Å². The summed E-state index contributed by atoms with van der Waals surface area (Å²) in [7, 11) is -0.767. The first-order chi connectivity index (χ1) is 11.8. The van der Waals surface area contributed by atoms with E-state index < -0.39 is 10.0 Å². The maximum absolute atomic E-state index is 12.5. The van der Waals surface area contributed by atoms with E-state index in [1.165, 1.54) is 20.2 Å². The zero-order valence-corrected chi connectivity index (χ0v) is 17.0. The molecule has 0 saturated heterocycles. The number of benzene rings is 1. The Bertz CT molecular complexity index is 725. The first kappa shape index (κ1) is 22.7. The second-order valence-corrected chi connectivity index (χ2v) is 8.52. The van der Waals surface area contributed by atoms with E-state index in [0.717, 1.165) is 23.6 Å². The van der Waals surface area contributed by atoms with E-state index in [1.807, 2.05) is 0 Å². The van der Waals surface area contributed by atoms with Crippen LogP contribution in [0.1, 0.15) is 26.2 Å². The molecule has 0 heterocycles. The molecule has 9 heteroatoms. The summed E-state index contributed by atoms with van der Waals surface area (Å²) in [6.07, 6.45) is 2.76. The fourth-order valence-corrected chi connectivity index (χ4v) is 4.21. The van der Waals surface area contributed by atoms with Gasteiger partial charge in [0, 0.05) is 25.7 Å². The van der Waals surface area contributed by atoms with Crippen LogP contribution in [0.15, 0.2) is 23.1 Å². The van der Waals surface area contributed by atoms with Crippen LogP contribution in [0.4, 0.5) is 5.69 Å². The van der Waals surface area contributed by atoms with Gasteiger partial charge >= 0.3 is 0 Å². The third kappa shape index (κ3) is 4.88. The van der Waals surface area contributed by atoms with Crippen LogP contribution in [0.5, 0.6) is 5.75 Å². The van der Waals surface area contributed by atoms with Gasteiger partial charge in [-0.3, -0.25) is 4.79 Å². The van der Waals surface area contributed by atoms with Crippen molar-refractivity contribution in [3.63, 3.8) is 0 Å². The highest BCUT2D eigenvalue weighted by atomic mass is 35.5. The van der Waals surface area contributed by atoms with Crippen molar-refractivity contribution in [1.29, 1.82) is 0 Å². The predicted molar refractivity (Wildman–Crippen MR) is 104 cm³/mol. The van der Waals surface area contributed by atoms with E-state index in [4.69, 9.17) is 10.5 Å². The van der Waals surface area contributed by atoms with Gasteiger partial charge in [-0.05, 0) is 50.4 Å². The molecule has 0 spiro atoms. The highest BCUT2D eigenvalue weighted by molar-refractivity contribution is 7.89. The molecule has 148 valence electrons. The molecular weight excluding hydrogens is 378 g/mol. The van der Waals surface area contributed by atoms with E-state index in [1.54, 1.807) is 19.1 Å². The molecule has 0 radical (unpaired) electrons. The Morgan fingerprint density at radius 1 is 1.35 bits per heavy atom. The lowest BCUT2D eigenvalue weighted by atomic mass is 9.95. The molecule has 1 saturated carbocycles. The van der Waals surface area contributed by atoms with Gasteiger partial charge in [-0.15, -0.1) is 12.4 Å². The first-order valence-corrected chi connectivity index (χ1v) is 9.95. The van der Waals surface area contributed by atoms with Crippen molar-refractivity contribution in [3.05, 3.63) is 18.2 Å². The van der Waals surface area contributed by atoms with E-state index >= 15 is 0 Å². The van der Waals surface area contributed by atoms with Crippen molar-refractivity contribution in [2.75, 3.05) is 32.6 Å². The minimum atomic E-state index is -3.69. The number of nitrogens with two attached hydrogens (primary N) is 1. The fraction of sp³-hybridized carbons (Fsp3) is 0.588. The number of amides is 1. The molecule has 0 aromatic heterocycles. The van der Waals surface area contributed by atoms with Crippen LogP contribution < -0.4 is 15.8 Å². The second-order valence-electron chi connectivity index (χ2n) is 6.40. The summed E-state index contributed by atoms with van der Waals surface area (Å²) < 4.78 is 31.6. The quantitative estimate of drug-likeness (QED) is 0.723. The smallest absolute Gasteiger partial charge is 0.246 e. The molecule has 1 aliphatic carbocycles. The van der Waals surface area contributed by atoms with Gasteiger partial charge in [-0.1, -0.05) is 6.42 Å². The molecule has 0 bridgehead atoms. The van der Waals surface area contributed by atoms with Gasteiger partial charge < -0.3 is 15.8 Å². The fourth-order valence-electron chi connectivity index (χ4n) is 3.16. The van der Waals surface area contributed by atoms with Crippen LogP contribution in [-0.2, 0) is 14.8 Å². The van der Waals surface area contributed by atoms with Gasteiger partial charge in [0.1, 0.15) is 10.6 Å². The first-order valence-electron chi connectivity index (χ1n) is 8.51. The number of nitrogens with zero attached hydrogens (tertiary/aromatic N) is 1. The Hall–Kier alpha value is -1.35. The number of hydrogen-bond acceptors (Lipinski definition) is 5. The van der Waals surface area contributed by atoms with Crippen molar-refractivity contribution >= 4 is 34.0 Å². The van der Waals surface area contributed by atoms with Crippen molar-refractivity contribution in [1.82, 2.24) is 4.31 Å². The van der Waals surface area contributed by atoms with Gasteiger partial charge in [0.15, 0.2) is 0 Å². The van der Waals surface area contributed by atoms with Crippen LogP contribution in [0, 0.1) is 11.8 Å². The number of rotatable bonds is 7. The molecule has 1 aromatic rings. The molecule has 2 atom stereocenters. The third-order valence-electron chi connectivity index (χ3n) is 4.57. The number of nitrogens with one attached hydrogen (secondary N) is 1. The standard InChI is InChI=1S/C17H27N3O4S.ClH/c1-4-24-15-9-8-13(10-16(15)25(22,23)20(2)3)19-17(21)14-7-5-6-12(14)11-18;/h8-10,12,14H,4-7,11,18H2,1-3H3,(H,19,21);1H/t12-,14-;/m1./s1. The van der Waals surface area contributed by atoms with Gasteiger partial charge in [0.25, 0.3) is 0 Å². The molecule has 26 heavy (non-hydrogen) atoms. The van der Waals surface area contributed by atoms with E-state index in [0.29, 0.717) is 18.8 Å². The molecule has 0 unspecified atom stereocenters. The summed E-state index contributed by atoms with van der Waals surface area (Å²) in [6, 6.07) is 4.68. The number of ether oxygens (including phenoxy) is 1. The van der Waals surface area contributed by atoms with Crippen LogP contribution in [0.25, 0.3) is 0 Å². The van der Waals surface area contributed by atoms with Gasteiger partial charge in [-0.2, -0.15) is 0 Å². The van der Waals surface area contributed by atoms with Gasteiger partial charge in [-0.25, -0.2) is 12.7 Å². The third-order valence-corrected chi connectivity index (χ3v) is 6.40. The number of carbonyl (C=O) groups excluding carboxylic acids is 1. The lowest BCUT2D eigenvalue weighted by molar-refractivity contribution is -0.120. The Morgan fingerprint density at radius 2 is 2.04 bits per heavy atom. The highest BCUT2D eigenvalue weighted by Crippen LogP contribution is 2.33. The summed E-state index contributed by atoms with van der Waals surface area (Å²) in [6.45, 7) is 2.62. The number of hydrogen-bond donors (Lipinski definition) is 2. The zero-order chi connectivity index (χ0) is 18.6. The summed E-state index contributed by atoms with van der Waals surface area (Å²) in [5, 5.41) is 2.84. The zero-order valence-electron chi connectivity index (χ0n) is 15.4. The normalized spacial score (nSPS) is 19.9. The molecule has 0 aliphatic heterocycles. The van der Waals surface area contributed by atoms with Crippen molar-refractivity contribution in [2.24, 2.45) is 17.6 Å². The average Bonchev–Trinajstić information content (AvgIpc) is 3.05. The maximum Gasteiger partial charge on any atom is 0.246 e. The molecule has 1 fully saturated rings. The highest BCUT2D eigenvalue weighted by Gasteiger charge is 2.32. The Kier molecular flexibility index (Phi) is 8.33. The molecule has 3 N–H and O–H groups in total. The topological polar surface area (TPSA) is 102 Å². The van der Waals surface area contributed by atoms with E-state index in [2.05, 4.69) is 5.32 Å². The van der Waals surface area contributed by atoms with Crippen LogP contribution >= 0.6 is 12.4 Å². The summed E-state index contributed by atoms with van der Waals surface area (Å²) in [4.78, 5) is 12.6. The predicted octanol–water partition coefficient (Wildman–Crippen LogP) is 2.07. The lowest BCUT2D eigenvalue weighted by Gasteiger charge is -2.19. The number of anilines is 1. The molecule has 7 nitrogen and oxygen atoms in total. The molecule has 1 amide bonds. The largest absolute Gasteiger partial charge is 0.492 e. The summed E-state index contributed by atoms with van der Waals surface area (Å²) in [5.41, 5.74) is 6.18. The maximum atomic E-state index is 12.5. The number of sulfonamides is 1. The van der Waals surface area contributed by atoms with E-state index in [9.17, 15) is 13.2 Å². The minimum absolute atomic E-state index is 0. The van der Waals surface area contributed by atoms with Crippen molar-refractivity contribution in [2.45, 2.75) is 31.1 Å². The van der Waals surface area contributed by atoms with Gasteiger partial charge in [0.2, 0.25) is 15.9 Å². The van der Waals surface area contributed by atoms with Gasteiger partial charge in [0.05, 0.1) is 6.61 Å². The second kappa shape index (κ2) is 9.55. The summed E-state index contributed by atoms with van der Waals surface area (Å²) in [5.74, 6) is 0.235. The Balaban J connectivity index is 0.00000338. The van der Waals surface area contributed by atoms with Crippen molar-refractivity contribution in [3.8, 4) is 5.75 Å². The SMILES string of the molecule is CCOc1ccc(NC(=O)[C@@H]2CCC[C@@H]2CN)cc1S(=O)(=O)N(C)C.Cl. The number of carbonyl (C=O) groups is 1. The van der Waals surface area contributed by atoms with Crippen molar-refractivity contribution < 1.29 is 17.9 Å². The number of halogens is 1. The minimum Gasteiger partial charge on any atom is -0.492 e. The van der Waals surface area contributed by atoms with Crippen LogP contribution in [0.2, 0.25) is 0 Å². The Morgan fingerprint density at radius 3 is 2.62 bits per heavy atom. The lowest BCUT2D eigenvalue weighted by Crippen LogP contribution is -2.30. The molecular formula is C17H28ClN3O4S. The molecule has 2 rings (SSSR count). The molecule has 1 aliphatic rings. The van der Waals surface area contributed by atoms with E-state index in [-0.39, 0.29) is 40.8 Å². The summed E-state index contributed by atoms with van der Waals surface area (Å²) >= 11 is 0.